The molecule has 0 aromatic heterocycles. The molecular formula is C16H28N2O3. The molecule has 2 saturated heterocycles. The minimum Gasteiger partial charge on any atom is -0.481 e. The lowest BCUT2D eigenvalue weighted by atomic mass is 9.77. The second-order valence-corrected chi connectivity index (χ2v) is 6.94. The maximum atomic E-state index is 12.7. The van der Waals surface area contributed by atoms with E-state index in [-0.39, 0.29) is 6.03 Å². The molecule has 0 aromatic rings. The van der Waals surface area contributed by atoms with Gasteiger partial charge in [-0.15, -0.1) is 0 Å². The molecule has 2 amide bonds. The maximum Gasteiger partial charge on any atom is 0.320 e. The first-order chi connectivity index (χ1) is 9.89. The number of amides is 2. The van der Waals surface area contributed by atoms with Gasteiger partial charge in [-0.3, -0.25) is 4.79 Å². The SMILES string of the molecule is CCC1(C(=O)O)CCCN(C(=O)N2CCC(C)C(C)C2)C1. The Morgan fingerprint density at radius 2 is 1.90 bits per heavy atom. The fourth-order valence-electron chi connectivity index (χ4n) is 3.55. The third kappa shape index (κ3) is 3.16. The summed E-state index contributed by atoms with van der Waals surface area (Å²) >= 11 is 0. The van der Waals surface area contributed by atoms with Crippen molar-refractivity contribution in [1.82, 2.24) is 9.80 Å². The molecule has 0 spiro atoms. The summed E-state index contributed by atoms with van der Waals surface area (Å²) in [5.74, 6) is 0.412. The molecule has 2 aliphatic rings. The Labute approximate surface area is 127 Å². The Morgan fingerprint density at radius 3 is 2.48 bits per heavy atom. The summed E-state index contributed by atoms with van der Waals surface area (Å²) in [5.41, 5.74) is -0.747. The smallest absolute Gasteiger partial charge is 0.320 e. The maximum absolute atomic E-state index is 12.7. The van der Waals surface area contributed by atoms with Crippen LogP contribution in [-0.2, 0) is 4.79 Å². The summed E-state index contributed by atoms with van der Waals surface area (Å²) < 4.78 is 0. The van der Waals surface area contributed by atoms with E-state index in [1.807, 2.05) is 11.8 Å². The van der Waals surface area contributed by atoms with Gasteiger partial charge in [0.1, 0.15) is 0 Å². The van der Waals surface area contributed by atoms with Gasteiger partial charge in [0.2, 0.25) is 0 Å². The van der Waals surface area contributed by atoms with Crippen LogP contribution in [0.2, 0.25) is 0 Å². The highest BCUT2D eigenvalue weighted by Crippen LogP contribution is 2.34. The number of nitrogens with zero attached hydrogens (tertiary/aromatic N) is 2. The normalized spacial score (nSPS) is 33.9. The zero-order chi connectivity index (χ0) is 15.6. The molecular weight excluding hydrogens is 268 g/mol. The molecule has 0 radical (unpaired) electrons. The van der Waals surface area contributed by atoms with Crippen LogP contribution in [0.15, 0.2) is 0 Å². The van der Waals surface area contributed by atoms with E-state index in [1.165, 1.54) is 0 Å². The lowest BCUT2D eigenvalue weighted by Crippen LogP contribution is -2.55. The largest absolute Gasteiger partial charge is 0.481 e. The zero-order valence-corrected chi connectivity index (χ0v) is 13.5. The van der Waals surface area contributed by atoms with Crippen molar-refractivity contribution in [2.45, 2.75) is 46.5 Å². The monoisotopic (exact) mass is 296 g/mol. The molecule has 3 atom stereocenters. The first-order valence-electron chi connectivity index (χ1n) is 8.17. The summed E-state index contributed by atoms with van der Waals surface area (Å²) in [5, 5.41) is 9.52. The number of likely N-dealkylation sites (tertiary alicyclic amines) is 2. The van der Waals surface area contributed by atoms with Gasteiger partial charge >= 0.3 is 12.0 Å². The molecule has 1 N–H and O–H groups in total. The van der Waals surface area contributed by atoms with Gasteiger partial charge in [-0.2, -0.15) is 0 Å². The van der Waals surface area contributed by atoms with Gasteiger partial charge in [0.15, 0.2) is 0 Å². The molecule has 21 heavy (non-hydrogen) atoms. The van der Waals surface area contributed by atoms with Crippen molar-refractivity contribution in [3.8, 4) is 0 Å². The fraction of sp³-hybridized carbons (Fsp3) is 0.875. The van der Waals surface area contributed by atoms with E-state index in [9.17, 15) is 14.7 Å². The molecule has 3 unspecified atom stereocenters. The van der Waals surface area contributed by atoms with E-state index in [0.29, 0.717) is 37.8 Å². The highest BCUT2D eigenvalue weighted by atomic mass is 16.4. The van der Waals surface area contributed by atoms with Crippen LogP contribution in [0.4, 0.5) is 4.79 Å². The van der Waals surface area contributed by atoms with E-state index >= 15 is 0 Å². The molecule has 2 aliphatic heterocycles. The van der Waals surface area contributed by atoms with E-state index < -0.39 is 11.4 Å². The Kier molecular flexibility index (Phi) is 4.79. The zero-order valence-electron chi connectivity index (χ0n) is 13.5. The Morgan fingerprint density at radius 1 is 1.19 bits per heavy atom. The first-order valence-corrected chi connectivity index (χ1v) is 8.17. The van der Waals surface area contributed by atoms with Crippen molar-refractivity contribution >= 4 is 12.0 Å². The molecule has 5 nitrogen and oxygen atoms in total. The lowest BCUT2D eigenvalue weighted by Gasteiger charge is -2.43. The highest BCUT2D eigenvalue weighted by Gasteiger charge is 2.43. The fourth-order valence-corrected chi connectivity index (χ4v) is 3.55. The van der Waals surface area contributed by atoms with Gasteiger partial charge in [-0.25, -0.2) is 4.79 Å². The van der Waals surface area contributed by atoms with Crippen LogP contribution in [0.5, 0.6) is 0 Å². The van der Waals surface area contributed by atoms with E-state index in [2.05, 4.69) is 13.8 Å². The number of rotatable bonds is 2. The van der Waals surface area contributed by atoms with Crippen molar-refractivity contribution in [3.05, 3.63) is 0 Å². The summed E-state index contributed by atoms with van der Waals surface area (Å²) in [4.78, 5) is 28.0. The minimum atomic E-state index is -0.761. The molecule has 0 aromatic carbocycles. The molecule has 0 aliphatic carbocycles. The molecule has 2 rings (SSSR count). The van der Waals surface area contributed by atoms with Gasteiger partial charge in [-0.05, 0) is 37.5 Å². The van der Waals surface area contributed by atoms with Crippen molar-refractivity contribution in [2.75, 3.05) is 26.2 Å². The molecule has 120 valence electrons. The number of piperidine rings is 2. The number of aliphatic carboxylic acids is 1. The second-order valence-electron chi connectivity index (χ2n) is 6.94. The van der Waals surface area contributed by atoms with Gasteiger partial charge < -0.3 is 14.9 Å². The molecule has 5 heteroatoms. The van der Waals surface area contributed by atoms with E-state index in [0.717, 1.165) is 25.9 Å². The highest BCUT2D eigenvalue weighted by molar-refractivity contribution is 5.79. The number of hydrogen-bond donors (Lipinski definition) is 1. The number of carbonyl (C=O) groups excluding carboxylic acids is 1. The van der Waals surface area contributed by atoms with Crippen molar-refractivity contribution in [1.29, 1.82) is 0 Å². The summed E-state index contributed by atoms with van der Waals surface area (Å²) in [6.07, 6.45) is 3.08. The van der Waals surface area contributed by atoms with Crippen LogP contribution in [-0.4, -0.2) is 53.1 Å². The van der Waals surface area contributed by atoms with Crippen LogP contribution < -0.4 is 0 Å². The lowest BCUT2D eigenvalue weighted by molar-refractivity contribution is -0.152. The van der Waals surface area contributed by atoms with E-state index in [1.54, 1.807) is 4.90 Å². The summed E-state index contributed by atoms with van der Waals surface area (Å²) in [6, 6.07) is 0.0347. The summed E-state index contributed by atoms with van der Waals surface area (Å²) in [6.45, 7) is 8.97. The number of carboxylic acid groups (broad SMARTS) is 1. The van der Waals surface area contributed by atoms with Crippen molar-refractivity contribution in [2.24, 2.45) is 17.3 Å². The number of carboxylic acids is 1. The van der Waals surface area contributed by atoms with Crippen LogP contribution in [0.25, 0.3) is 0 Å². The van der Waals surface area contributed by atoms with E-state index in [4.69, 9.17) is 0 Å². The van der Waals surface area contributed by atoms with Crippen LogP contribution >= 0.6 is 0 Å². The summed E-state index contributed by atoms with van der Waals surface area (Å²) in [7, 11) is 0. The van der Waals surface area contributed by atoms with Crippen molar-refractivity contribution in [3.63, 3.8) is 0 Å². The number of urea groups is 1. The molecule has 0 bridgehead atoms. The standard InChI is InChI=1S/C16H28N2O3/c1-4-16(14(19)20)7-5-8-18(11-16)15(21)17-9-6-12(2)13(3)10-17/h12-13H,4-11H2,1-3H3,(H,19,20). The predicted octanol–water partition coefficient (Wildman–Crippen LogP) is 2.66. The molecule has 2 fully saturated rings. The second kappa shape index (κ2) is 6.24. The molecule has 2 heterocycles. The van der Waals surface area contributed by atoms with Crippen LogP contribution in [0.3, 0.4) is 0 Å². The minimum absolute atomic E-state index is 0.0347. The first kappa shape index (κ1) is 16.1. The number of hydrogen-bond acceptors (Lipinski definition) is 2. The van der Waals surface area contributed by atoms with Gasteiger partial charge in [0.05, 0.1) is 5.41 Å². The number of carbonyl (C=O) groups is 2. The third-order valence-electron chi connectivity index (χ3n) is 5.58. The van der Waals surface area contributed by atoms with Gasteiger partial charge in [0.25, 0.3) is 0 Å². The third-order valence-corrected chi connectivity index (χ3v) is 5.58. The Hall–Kier alpha value is -1.26. The Balaban J connectivity index is 2.04. The van der Waals surface area contributed by atoms with Gasteiger partial charge in [-0.1, -0.05) is 20.8 Å². The molecule has 0 saturated carbocycles. The van der Waals surface area contributed by atoms with Crippen molar-refractivity contribution < 1.29 is 14.7 Å². The topological polar surface area (TPSA) is 60.9 Å². The average Bonchev–Trinajstić information content (AvgIpc) is 2.49. The average molecular weight is 296 g/mol. The predicted molar refractivity (Wildman–Crippen MR) is 81.1 cm³/mol. The van der Waals surface area contributed by atoms with Crippen LogP contribution in [0, 0.1) is 17.3 Å². The van der Waals surface area contributed by atoms with Crippen LogP contribution in [0.1, 0.15) is 46.5 Å². The quantitative estimate of drug-likeness (QED) is 0.852. The Bertz CT molecular complexity index is 412. The van der Waals surface area contributed by atoms with Gasteiger partial charge in [0, 0.05) is 26.2 Å².